The van der Waals surface area contributed by atoms with E-state index in [2.05, 4.69) is 33.5 Å². The molecule has 0 saturated heterocycles. The molecule has 2 heteroatoms. The van der Waals surface area contributed by atoms with Gasteiger partial charge < -0.3 is 4.57 Å². The van der Waals surface area contributed by atoms with Crippen molar-refractivity contribution in [3.05, 3.63) is 90.0 Å². The van der Waals surface area contributed by atoms with Crippen LogP contribution in [-0.4, -0.2) is 9.55 Å². The SMILES string of the molecule is C(#Cc1nccn1Cc1ccccc1)c1ccccc1. The van der Waals surface area contributed by atoms with E-state index in [0.717, 1.165) is 17.9 Å². The molecule has 3 aromatic rings. The summed E-state index contributed by atoms with van der Waals surface area (Å²) in [5.74, 6) is 7.06. The van der Waals surface area contributed by atoms with E-state index in [1.54, 1.807) is 6.20 Å². The summed E-state index contributed by atoms with van der Waals surface area (Å²) in [6.07, 6.45) is 3.75. The minimum atomic E-state index is 0.790. The topological polar surface area (TPSA) is 17.8 Å². The monoisotopic (exact) mass is 258 g/mol. The average Bonchev–Trinajstić information content (AvgIpc) is 2.94. The first-order chi connectivity index (χ1) is 9.92. The minimum Gasteiger partial charge on any atom is -0.320 e. The highest BCUT2D eigenvalue weighted by Gasteiger charge is 2.00. The Hall–Kier alpha value is -2.79. The number of nitrogens with zero attached hydrogens (tertiary/aromatic N) is 2. The van der Waals surface area contributed by atoms with E-state index >= 15 is 0 Å². The molecule has 0 fully saturated rings. The summed E-state index contributed by atoms with van der Waals surface area (Å²) in [6.45, 7) is 0.791. The van der Waals surface area contributed by atoms with Crippen molar-refractivity contribution in [3.63, 3.8) is 0 Å². The van der Waals surface area contributed by atoms with Crippen molar-refractivity contribution in [2.24, 2.45) is 0 Å². The Morgan fingerprint density at radius 3 is 2.30 bits per heavy atom. The Labute approximate surface area is 118 Å². The Kier molecular flexibility index (Phi) is 3.62. The van der Waals surface area contributed by atoms with Crippen LogP contribution in [0, 0.1) is 11.8 Å². The first-order valence-electron chi connectivity index (χ1n) is 6.54. The largest absolute Gasteiger partial charge is 0.320 e. The van der Waals surface area contributed by atoms with Crippen molar-refractivity contribution in [1.29, 1.82) is 0 Å². The molecule has 0 atom stereocenters. The van der Waals surface area contributed by atoms with E-state index in [0.29, 0.717) is 0 Å². The first-order valence-corrected chi connectivity index (χ1v) is 6.54. The Morgan fingerprint density at radius 1 is 0.850 bits per heavy atom. The zero-order valence-corrected chi connectivity index (χ0v) is 11.0. The number of hydrogen-bond donors (Lipinski definition) is 0. The van der Waals surface area contributed by atoms with Gasteiger partial charge in [-0.1, -0.05) is 54.5 Å². The lowest BCUT2D eigenvalue weighted by Gasteiger charge is -2.03. The van der Waals surface area contributed by atoms with Crippen LogP contribution >= 0.6 is 0 Å². The summed E-state index contributed by atoms with van der Waals surface area (Å²) in [5.41, 5.74) is 2.25. The lowest BCUT2D eigenvalue weighted by molar-refractivity contribution is 0.784. The molecule has 0 aliphatic heterocycles. The molecule has 3 rings (SSSR count). The van der Waals surface area contributed by atoms with Crippen LogP contribution < -0.4 is 0 Å². The summed E-state index contributed by atoms with van der Waals surface area (Å²) in [5, 5.41) is 0. The summed E-state index contributed by atoms with van der Waals surface area (Å²) in [4.78, 5) is 4.32. The molecule has 0 unspecified atom stereocenters. The molecular weight excluding hydrogens is 244 g/mol. The molecule has 0 bridgehead atoms. The molecule has 0 spiro atoms. The van der Waals surface area contributed by atoms with Gasteiger partial charge in [0.05, 0.1) is 0 Å². The van der Waals surface area contributed by atoms with E-state index in [9.17, 15) is 0 Å². The fraction of sp³-hybridized carbons (Fsp3) is 0.0556. The maximum absolute atomic E-state index is 4.32. The predicted octanol–water partition coefficient (Wildman–Crippen LogP) is 3.33. The van der Waals surface area contributed by atoms with Gasteiger partial charge in [0, 0.05) is 24.5 Å². The van der Waals surface area contributed by atoms with Crippen LogP contribution in [0.5, 0.6) is 0 Å². The zero-order chi connectivity index (χ0) is 13.6. The van der Waals surface area contributed by atoms with E-state index in [4.69, 9.17) is 0 Å². The number of aromatic nitrogens is 2. The smallest absolute Gasteiger partial charge is 0.185 e. The molecule has 0 N–H and O–H groups in total. The standard InChI is InChI=1S/C18H14N2/c1-3-7-16(8-4-1)11-12-18-19-13-14-20(18)15-17-9-5-2-6-10-17/h1-10,13-14H,15H2. The number of rotatable bonds is 2. The molecular formula is C18H14N2. The second-order valence-corrected chi connectivity index (χ2v) is 4.48. The Bertz CT molecular complexity index is 731. The minimum absolute atomic E-state index is 0.790. The van der Waals surface area contributed by atoms with Crippen LogP contribution in [0.4, 0.5) is 0 Å². The normalized spacial score (nSPS) is 9.80. The Morgan fingerprint density at radius 2 is 1.55 bits per heavy atom. The maximum Gasteiger partial charge on any atom is 0.185 e. The van der Waals surface area contributed by atoms with E-state index in [1.165, 1.54) is 5.56 Å². The predicted molar refractivity (Wildman–Crippen MR) is 80.2 cm³/mol. The van der Waals surface area contributed by atoms with Gasteiger partial charge in [0.25, 0.3) is 0 Å². The molecule has 0 saturated carbocycles. The summed E-state index contributed by atoms with van der Waals surface area (Å²) >= 11 is 0. The van der Waals surface area contributed by atoms with Crippen molar-refractivity contribution in [2.45, 2.75) is 6.54 Å². The van der Waals surface area contributed by atoms with Crippen molar-refractivity contribution < 1.29 is 0 Å². The molecule has 2 nitrogen and oxygen atoms in total. The van der Waals surface area contributed by atoms with Crippen LogP contribution in [0.3, 0.4) is 0 Å². The van der Waals surface area contributed by atoms with E-state index < -0.39 is 0 Å². The maximum atomic E-state index is 4.32. The highest BCUT2D eigenvalue weighted by Crippen LogP contribution is 2.05. The van der Waals surface area contributed by atoms with Crippen molar-refractivity contribution in [2.75, 3.05) is 0 Å². The lowest BCUT2D eigenvalue weighted by atomic mass is 10.2. The van der Waals surface area contributed by atoms with Crippen LogP contribution in [0.25, 0.3) is 0 Å². The number of imidazole rings is 1. The fourth-order valence-corrected chi connectivity index (χ4v) is 1.99. The molecule has 20 heavy (non-hydrogen) atoms. The van der Waals surface area contributed by atoms with E-state index in [1.807, 2.05) is 54.7 Å². The third-order valence-electron chi connectivity index (χ3n) is 3.00. The van der Waals surface area contributed by atoms with Gasteiger partial charge in [-0.25, -0.2) is 4.98 Å². The summed E-state index contributed by atoms with van der Waals surface area (Å²) in [7, 11) is 0. The summed E-state index contributed by atoms with van der Waals surface area (Å²) in [6, 6.07) is 20.3. The summed E-state index contributed by atoms with van der Waals surface area (Å²) < 4.78 is 2.06. The number of hydrogen-bond acceptors (Lipinski definition) is 1. The van der Waals surface area contributed by atoms with Gasteiger partial charge in [-0.15, -0.1) is 0 Å². The average molecular weight is 258 g/mol. The molecule has 0 radical (unpaired) electrons. The molecule has 1 heterocycles. The van der Waals surface area contributed by atoms with Gasteiger partial charge in [-0.05, 0) is 23.6 Å². The van der Waals surface area contributed by atoms with Crippen molar-refractivity contribution in [3.8, 4) is 11.8 Å². The molecule has 2 aromatic carbocycles. The van der Waals surface area contributed by atoms with Gasteiger partial charge in [0.1, 0.15) is 0 Å². The van der Waals surface area contributed by atoms with Gasteiger partial charge in [-0.3, -0.25) is 0 Å². The second kappa shape index (κ2) is 5.90. The van der Waals surface area contributed by atoms with Gasteiger partial charge in [-0.2, -0.15) is 0 Å². The Balaban J connectivity index is 1.83. The second-order valence-electron chi connectivity index (χ2n) is 4.48. The zero-order valence-electron chi connectivity index (χ0n) is 11.0. The third kappa shape index (κ3) is 2.96. The fourth-order valence-electron chi connectivity index (χ4n) is 1.99. The number of benzene rings is 2. The molecule has 1 aromatic heterocycles. The van der Waals surface area contributed by atoms with Crippen LogP contribution in [-0.2, 0) is 6.54 Å². The van der Waals surface area contributed by atoms with Crippen LogP contribution in [0.2, 0.25) is 0 Å². The quantitative estimate of drug-likeness (QED) is 0.645. The lowest BCUT2D eigenvalue weighted by Crippen LogP contribution is -2.01. The first kappa shape index (κ1) is 12.3. The van der Waals surface area contributed by atoms with E-state index in [-0.39, 0.29) is 0 Å². The van der Waals surface area contributed by atoms with Gasteiger partial charge in [0.15, 0.2) is 5.82 Å². The molecule has 96 valence electrons. The highest BCUT2D eigenvalue weighted by molar-refractivity contribution is 5.38. The van der Waals surface area contributed by atoms with Crippen molar-refractivity contribution in [1.82, 2.24) is 9.55 Å². The van der Waals surface area contributed by atoms with Crippen molar-refractivity contribution >= 4 is 0 Å². The van der Waals surface area contributed by atoms with Gasteiger partial charge >= 0.3 is 0 Å². The van der Waals surface area contributed by atoms with Crippen LogP contribution in [0.15, 0.2) is 73.1 Å². The van der Waals surface area contributed by atoms with Crippen LogP contribution in [0.1, 0.15) is 17.0 Å². The van der Waals surface area contributed by atoms with Gasteiger partial charge in [0.2, 0.25) is 0 Å². The third-order valence-corrected chi connectivity index (χ3v) is 3.00. The molecule has 0 aliphatic rings. The highest BCUT2D eigenvalue weighted by atomic mass is 15.0. The molecule has 0 amide bonds. The molecule has 0 aliphatic carbocycles.